The van der Waals surface area contributed by atoms with E-state index in [1.54, 1.807) is 11.3 Å². The van der Waals surface area contributed by atoms with Crippen molar-refractivity contribution in [3.63, 3.8) is 0 Å². The van der Waals surface area contributed by atoms with E-state index in [0.29, 0.717) is 24.8 Å². The van der Waals surface area contributed by atoms with Crippen molar-refractivity contribution in [1.82, 2.24) is 15.0 Å². The Bertz CT molecular complexity index is 642. The third-order valence-corrected chi connectivity index (χ3v) is 5.09. The van der Waals surface area contributed by atoms with Crippen molar-refractivity contribution in [1.29, 1.82) is 0 Å². The van der Waals surface area contributed by atoms with Crippen LogP contribution in [0.3, 0.4) is 0 Å². The van der Waals surface area contributed by atoms with Gasteiger partial charge in [-0.05, 0) is 47.4 Å². The van der Waals surface area contributed by atoms with Gasteiger partial charge in [0, 0.05) is 6.54 Å². The Morgan fingerprint density at radius 1 is 1.57 bits per heavy atom. The normalized spacial score (nSPS) is 19.8. The predicted octanol–water partition coefficient (Wildman–Crippen LogP) is 2.86. The molecular formula is C13H14BrN3O3S. The molecule has 0 bridgehead atoms. The Balaban J connectivity index is 1.65. The van der Waals surface area contributed by atoms with Crippen molar-refractivity contribution >= 4 is 33.2 Å². The molecule has 1 saturated heterocycles. The average molecular weight is 372 g/mol. The average Bonchev–Trinajstić information content (AvgIpc) is 3.08. The van der Waals surface area contributed by atoms with Crippen LogP contribution in [0.1, 0.15) is 18.7 Å². The van der Waals surface area contributed by atoms with Crippen molar-refractivity contribution < 1.29 is 14.4 Å². The quantitative estimate of drug-likeness (QED) is 0.889. The van der Waals surface area contributed by atoms with Gasteiger partial charge in [-0.15, -0.1) is 11.3 Å². The highest BCUT2D eigenvalue weighted by Crippen LogP contribution is 2.29. The van der Waals surface area contributed by atoms with Crippen LogP contribution in [-0.4, -0.2) is 39.2 Å². The molecule has 2 aromatic rings. The van der Waals surface area contributed by atoms with Gasteiger partial charge in [-0.2, -0.15) is 4.98 Å². The van der Waals surface area contributed by atoms with Crippen LogP contribution in [0.15, 0.2) is 20.4 Å². The summed E-state index contributed by atoms with van der Waals surface area (Å²) in [5.41, 5.74) is 0. The lowest BCUT2D eigenvalue weighted by atomic mass is 9.98. The fourth-order valence-electron chi connectivity index (χ4n) is 2.45. The lowest BCUT2D eigenvalue weighted by molar-refractivity contribution is -0.143. The first-order valence-corrected chi connectivity index (χ1v) is 8.26. The lowest BCUT2D eigenvalue weighted by Crippen LogP contribution is -2.38. The number of likely N-dealkylation sites (tertiary alicyclic amines) is 1. The van der Waals surface area contributed by atoms with E-state index in [2.05, 4.69) is 31.0 Å². The highest BCUT2D eigenvalue weighted by molar-refractivity contribution is 9.11. The van der Waals surface area contributed by atoms with Crippen LogP contribution in [-0.2, 0) is 11.3 Å². The SMILES string of the molecule is O=C(O)C1CCCN(Cc2nc(-c3ccc(Br)s3)no2)C1. The number of rotatable bonds is 4. The molecule has 3 rings (SSSR count). The largest absolute Gasteiger partial charge is 0.481 e. The molecule has 0 amide bonds. The molecule has 0 radical (unpaired) electrons. The maximum Gasteiger partial charge on any atom is 0.307 e. The summed E-state index contributed by atoms with van der Waals surface area (Å²) in [6.07, 6.45) is 1.62. The van der Waals surface area contributed by atoms with Gasteiger partial charge in [-0.3, -0.25) is 9.69 Å². The molecule has 1 aliphatic heterocycles. The van der Waals surface area contributed by atoms with Gasteiger partial charge < -0.3 is 9.63 Å². The number of hydrogen-bond acceptors (Lipinski definition) is 6. The molecule has 8 heteroatoms. The third-order valence-electron chi connectivity index (χ3n) is 3.48. The Kier molecular flexibility index (Phi) is 4.37. The van der Waals surface area contributed by atoms with Gasteiger partial charge in [0.15, 0.2) is 0 Å². The lowest BCUT2D eigenvalue weighted by Gasteiger charge is -2.29. The molecule has 3 heterocycles. The second kappa shape index (κ2) is 6.25. The van der Waals surface area contributed by atoms with Gasteiger partial charge >= 0.3 is 5.97 Å². The second-order valence-electron chi connectivity index (χ2n) is 5.03. The summed E-state index contributed by atoms with van der Waals surface area (Å²) in [5.74, 6) is 0.0804. The van der Waals surface area contributed by atoms with Crippen molar-refractivity contribution in [2.45, 2.75) is 19.4 Å². The van der Waals surface area contributed by atoms with Crippen molar-refractivity contribution in [2.24, 2.45) is 5.92 Å². The number of carboxylic acids is 1. The summed E-state index contributed by atoms with van der Waals surface area (Å²) in [6.45, 7) is 1.91. The van der Waals surface area contributed by atoms with Crippen molar-refractivity contribution in [3.8, 4) is 10.7 Å². The summed E-state index contributed by atoms with van der Waals surface area (Å²) in [6, 6.07) is 3.88. The van der Waals surface area contributed by atoms with Crippen LogP contribution in [0.5, 0.6) is 0 Å². The molecule has 0 aliphatic carbocycles. The Hall–Kier alpha value is -1.25. The van der Waals surface area contributed by atoms with Gasteiger partial charge in [0.25, 0.3) is 0 Å². The van der Waals surface area contributed by atoms with E-state index < -0.39 is 5.97 Å². The first-order chi connectivity index (χ1) is 10.1. The zero-order valence-electron chi connectivity index (χ0n) is 11.2. The number of hydrogen-bond donors (Lipinski definition) is 1. The van der Waals surface area contributed by atoms with E-state index in [1.807, 2.05) is 12.1 Å². The van der Waals surface area contributed by atoms with E-state index in [-0.39, 0.29) is 5.92 Å². The van der Waals surface area contributed by atoms with Crippen LogP contribution in [0, 0.1) is 5.92 Å². The molecule has 2 aromatic heterocycles. The van der Waals surface area contributed by atoms with Gasteiger partial charge in [0.2, 0.25) is 11.7 Å². The Morgan fingerprint density at radius 2 is 2.43 bits per heavy atom. The van der Waals surface area contributed by atoms with E-state index in [1.165, 1.54) is 0 Å². The maximum atomic E-state index is 11.1. The third kappa shape index (κ3) is 3.50. The second-order valence-corrected chi connectivity index (χ2v) is 7.49. The summed E-state index contributed by atoms with van der Waals surface area (Å²) in [4.78, 5) is 18.4. The molecule has 1 N–H and O–H groups in total. The van der Waals surface area contributed by atoms with Crippen LogP contribution in [0.2, 0.25) is 0 Å². The molecule has 1 aliphatic rings. The molecule has 21 heavy (non-hydrogen) atoms. The van der Waals surface area contributed by atoms with Crippen molar-refractivity contribution in [3.05, 3.63) is 21.8 Å². The predicted molar refractivity (Wildman–Crippen MR) is 80.9 cm³/mol. The number of carboxylic acid groups (broad SMARTS) is 1. The topological polar surface area (TPSA) is 79.5 Å². The van der Waals surface area contributed by atoms with Crippen LogP contribution < -0.4 is 0 Å². The minimum atomic E-state index is -0.727. The standard InChI is InChI=1S/C13H14BrN3O3S/c14-10-4-3-9(21-10)12-15-11(20-16-12)7-17-5-1-2-8(6-17)13(18)19/h3-4,8H,1-2,5-7H2,(H,18,19). The van der Waals surface area contributed by atoms with E-state index in [9.17, 15) is 4.79 Å². The fourth-order valence-corrected chi connectivity index (χ4v) is 3.76. The minimum absolute atomic E-state index is 0.297. The smallest absolute Gasteiger partial charge is 0.307 e. The van der Waals surface area contributed by atoms with E-state index in [0.717, 1.165) is 28.0 Å². The zero-order chi connectivity index (χ0) is 14.8. The van der Waals surface area contributed by atoms with Gasteiger partial charge in [-0.1, -0.05) is 5.16 Å². The summed E-state index contributed by atoms with van der Waals surface area (Å²) in [7, 11) is 0. The van der Waals surface area contributed by atoms with Gasteiger partial charge in [0.1, 0.15) is 0 Å². The summed E-state index contributed by atoms with van der Waals surface area (Å²) in [5, 5.41) is 13.1. The highest BCUT2D eigenvalue weighted by atomic mass is 79.9. The number of carbonyl (C=O) groups is 1. The summed E-state index contributed by atoms with van der Waals surface area (Å²) >= 11 is 4.95. The number of piperidine rings is 1. The first kappa shape index (κ1) is 14.7. The fraction of sp³-hybridized carbons (Fsp3) is 0.462. The first-order valence-electron chi connectivity index (χ1n) is 6.65. The minimum Gasteiger partial charge on any atom is -0.481 e. The van der Waals surface area contributed by atoms with Crippen molar-refractivity contribution in [2.75, 3.05) is 13.1 Å². The Morgan fingerprint density at radius 3 is 3.14 bits per heavy atom. The molecule has 0 spiro atoms. The maximum absolute atomic E-state index is 11.1. The van der Waals surface area contributed by atoms with Crippen LogP contribution >= 0.6 is 27.3 Å². The summed E-state index contributed by atoms with van der Waals surface area (Å²) < 4.78 is 6.29. The van der Waals surface area contributed by atoms with E-state index in [4.69, 9.17) is 9.63 Å². The Labute approximate surface area is 133 Å². The molecule has 0 aromatic carbocycles. The number of nitrogens with zero attached hydrogens (tertiary/aromatic N) is 3. The monoisotopic (exact) mass is 371 g/mol. The molecule has 6 nitrogen and oxygen atoms in total. The molecule has 1 fully saturated rings. The van der Waals surface area contributed by atoms with Crippen LogP contribution in [0.25, 0.3) is 10.7 Å². The van der Waals surface area contributed by atoms with Crippen LogP contribution in [0.4, 0.5) is 0 Å². The molecule has 112 valence electrons. The number of aliphatic carboxylic acids is 1. The molecule has 1 unspecified atom stereocenters. The molecule has 0 saturated carbocycles. The number of aromatic nitrogens is 2. The van der Waals surface area contributed by atoms with Gasteiger partial charge in [-0.25, -0.2) is 0 Å². The van der Waals surface area contributed by atoms with E-state index >= 15 is 0 Å². The molecular weight excluding hydrogens is 358 g/mol. The molecule has 1 atom stereocenters. The number of thiophene rings is 1. The number of halogens is 1. The highest BCUT2D eigenvalue weighted by Gasteiger charge is 2.26. The van der Waals surface area contributed by atoms with Gasteiger partial charge in [0.05, 0.1) is 21.1 Å². The zero-order valence-corrected chi connectivity index (χ0v) is 13.6.